The van der Waals surface area contributed by atoms with Crippen molar-refractivity contribution in [1.82, 2.24) is 9.80 Å². The van der Waals surface area contributed by atoms with Gasteiger partial charge in [-0.25, -0.2) is 0 Å². The Labute approximate surface area is 158 Å². The van der Waals surface area contributed by atoms with E-state index in [-0.39, 0.29) is 5.91 Å². The number of rotatable bonds is 5. The van der Waals surface area contributed by atoms with E-state index in [2.05, 4.69) is 4.90 Å². The van der Waals surface area contributed by atoms with Gasteiger partial charge in [0.25, 0.3) is 5.91 Å². The fraction of sp³-hybridized carbons (Fsp3) is 0.450. The molecule has 0 N–H and O–H groups in total. The molecule has 2 aliphatic rings. The Balaban J connectivity index is 1.34. The molecular formula is C20H24N2O3S. The second kappa shape index (κ2) is 7.68. The van der Waals surface area contributed by atoms with Crippen LogP contribution in [-0.4, -0.2) is 55.0 Å². The predicted molar refractivity (Wildman–Crippen MR) is 102 cm³/mol. The molecule has 26 heavy (non-hydrogen) atoms. The first-order valence-corrected chi connectivity index (χ1v) is 9.98. The van der Waals surface area contributed by atoms with Crippen LogP contribution in [0.3, 0.4) is 0 Å². The molecule has 0 aliphatic carbocycles. The van der Waals surface area contributed by atoms with Crippen LogP contribution >= 0.6 is 11.3 Å². The topological polar surface area (TPSA) is 42.0 Å². The first-order chi connectivity index (χ1) is 12.7. The van der Waals surface area contributed by atoms with E-state index in [0.717, 1.165) is 41.6 Å². The molecule has 0 saturated carbocycles. The largest absolute Gasteiger partial charge is 0.497 e. The van der Waals surface area contributed by atoms with Crippen LogP contribution < -0.4 is 9.47 Å². The van der Waals surface area contributed by atoms with Crippen molar-refractivity contribution in [3.63, 3.8) is 0 Å². The number of methoxy groups -OCH3 is 1. The van der Waals surface area contributed by atoms with E-state index in [4.69, 9.17) is 9.47 Å². The zero-order valence-electron chi connectivity index (χ0n) is 15.0. The predicted octanol–water partition coefficient (Wildman–Crippen LogP) is 3.26. The SMILES string of the molecule is COc1ccc(OCc2csc(C(=O)N3CCN4CCCC4C3)c2)cc1. The van der Waals surface area contributed by atoms with Crippen molar-refractivity contribution < 1.29 is 14.3 Å². The lowest BCUT2D eigenvalue weighted by molar-refractivity contribution is 0.0576. The summed E-state index contributed by atoms with van der Waals surface area (Å²) < 4.78 is 11.0. The van der Waals surface area contributed by atoms with Crippen LogP contribution in [0, 0.1) is 0 Å². The van der Waals surface area contributed by atoms with E-state index in [1.54, 1.807) is 7.11 Å². The van der Waals surface area contributed by atoms with Crippen molar-refractivity contribution >= 4 is 17.2 Å². The third-order valence-corrected chi connectivity index (χ3v) is 6.17. The molecular weight excluding hydrogens is 348 g/mol. The Hall–Kier alpha value is -2.05. The first kappa shape index (κ1) is 17.4. The van der Waals surface area contributed by atoms with Gasteiger partial charge in [-0.05, 0) is 55.1 Å². The second-order valence-electron chi connectivity index (χ2n) is 6.87. The minimum absolute atomic E-state index is 0.164. The van der Waals surface area contributed by atoms with Gasteiger partial charge in [0.05, 0.1) is 12.0 Å². The molecule has 138 valence electrons. The summed E-state index contributed by atoms with van der Waals surface area (Å²) >= 11 is 1.51. The van der Waals surface area contributed by atoms with Gasteiger partial charge in [0.2, 0.25) is 0 Å². The molecule has 5 nitrogen and oxygen atoms in total. The summed E-state index contributed by atoms with van der Waals surface area (Å²) in [6.07, 6.45) is 2.48. The molecule has 3 heterocycles. The maximum absolute atomic E-state index is 12.8. The fourth-order valence-electron chi connectivity index (χ4n) is 3.73. The van der Waals surface area contributed by atoms with Gasteiger partial charge >= 0.3 is 0 Å². The molecule has 1 aromatic heterocycles. The lowest BCUT2D eigenvalue weighted by atomic mass is 10.1. The highest BCUT2D eigenvalue weighted by atomic mass is 32.1. The molecule has 1 amide bonds. The average Bonchev–Trinajstić information content (AvgIpc) is 3.35. The van der Waals surface area contributed by atoms with Crippen molar-refractivity contribution in [3.05, 3.63) is 46.2 Å². The van der Waals surface area contributed by atoms with E-state index in [1.165, 1.54) is 30.7 Å². The van der Waals surface area contributed by atoms with Crippen LogP contribution in [-0.2, 0) is 6.61 Å². The van der Waals surface area contributed by atoms with Crippen LogP contribution in [0.4, 0.5) is 0 Å². The normalized spacial score (nSPS) is 20.0. The molecule has 0 radical (unpaired) electrons. The van der Waals surface area contributed by atoms with Gasteiger partial charge in [0.1, 0.15) is 18.1 Å². The number of hydrogen-bond acceptors (Lipinski definition) is 5. The summed E-state index contributed by atoms with van der Waals surface area (Å²) in [5.41, 5.74) is 1.04. The standard InChI is InChI=1S/C20H24N2O3S/c1-24-17-4-6-18(7-5-17)25-13-15-11-19(26-14-15)20(23)22-10-9-21-8-2-3-16(21)12-22/h4-7,11,14,16H,2-3,8-10,12-13H2,1H3. The number of nitrogens with zero attached hydrogens (tertiary/aromatic N) is 2. The van der Waals surface area contributed by atoms with Crippen molar-refractivity contribution in [2.75, 3.05) is 33.3 Å². The molecule has 0 bridgehead atoms. The minimum Gasteiger partial charge on any atom is -0.497 e. The minimum atomic E-state index is 0.164. The molecule has 0 spiro atoms. The van der Waals surface area contributed by atoms with Crippen LogP contribution in [0.25, 0.3) is 0 Å². The summed E-state index contributed by atoms with van der Waals surface area (Å²) in [5.74, 6) is 1.77. The van der Waals surface area contributed by atoms with Gasteiger partial charge in [0.15, 0.2) is 0 Å². The summed E-state index contributed by atoms with van der Waals surface area (Å²) in [4.78, 5) is 18.2. The number of ether oxygens (including phenoxy) is 2. The van der Waals surface area contributed by atoms with Gasteiger partial charge < -0.3 is 14.4 Å². The lowest BCUT2D eigenvalue weighted by Gasteiger charge is -2.37. The molecule has 2 aliphatic heterocycles. The lowest BCUT2D eigenvalue weighted by Crippen LogP contribution is -2.51. The Morgan fingerprint density at radius 2 is 2.00 bits per heavy atom. The van der Waals surface area contributed by atoms with E-state index in [9.17, 15) is 4.79 Å². The highest BCUT2D eigenvalue weighted by Gasteiger charge is 2.33. The summed E-state index contributed by atoms with van der Waals surface area (Å²) in [7, 11) is 1.65. The Morgan fingerprint density at radius 3 is 2.81 bits per heavy atom. The number of carbonyl (C=O) groups excluding carboxylic acids is 1. The number of carbonyl (C=O) groups is 1. The van der Waals surface area contributed by atoms with E-state index in [1.807, 2.05) is 40.6 Å². The highest BCUT2D eigenvalue weighted by Crippen LogP contribution is 2.25. The molecule has 1 aromatic carbocycles. The molecule has 1 unspecified atom stereocenters. The summed E-state index contributed by atoms with van der Waals surface area (Å²) in [6.45, 7) is 4.37. The number of amides is 1. The monoisotopic (exact) mass is 372 g/mol. The number of thiophene rings is 1. The molecule has 1 atom stereocenters. The first-order valence-electron chi connectivity index (χ1n) is 9.10. The van der Waals surface area contributed by atoms with E-state index < -0.39 is 0 Å². The molecule has 6 heteroatoms. The van der Waals surface area contributed by atoms with Gasteiger partial charge in [-0.15, -0.1) is 11.3 Å². The molecule has 2 saturated heterocycles. The quantitative estimate of drug-likeness (QED) is 0.808. The van der Waals surface area contributed by atoms with Crippen LogP contribution in [0.1, 0.15) is 28.1 Å². The smallest absolute Gasteiger partial charge is 0.264 e. The van der Waals surface area contributed by atoms with E-state index >= 15 is 0 Å². The van der Waals surface area contributed by atoms with Gasteiger partial charge in [0, 0.05) is 31.2 Å². The maximum Gasteiger partial charge on any atom is 0.264 e. The summed E-state index contributed by atoms with van der Waals surface area (Å²) in [5, 5.41) is 2.02. The Morgan fingerprint density at radius 1 is 1.19 bits per heavy atom. The van der Waals surface area contributed by atoms with Crippen LogP contribution in [0.5, 0.6) is 11.5 Å². The number of benzene rings is 1. The van der Waals surface area contributed by atoms with Crippen molar-refractivity contribution in [1.29, 1.82) is 0 Å². The van der Waals surface area contributed by atoms with Gasteiger partial charge in [-0.1, -0.05) is 0 Å². The molecule has 2 aromatic rings. The molecule has 4 rings (SSSR count). The zero-order chi connectivity index (χ0) is 17.9. The average molecular weight is 372 g/mol. The van der Waals surface area contributed by atoms with E-state index in [0.29, 0.717) is 12.6 Å². The van der Waals surface area contributed by atoms with Gasteiger partial charge in [-0.3, -0.25) is 9.69 Å². The summed E-state index contributed by atoms with van der Waals surface area (Å²) in [6, 6.07) is 10.1. The molecule has 2 fully saturated rings. The number of fused-ring (bicyclic) bond motifs is 1. The third kappa shape index (κ3) is 3.71. The highest BCUT2D eigenvalue weighted by molar-refractivity contribution is 7.12. The Kier molecular flexibility index (Phi) is 5.13. The van der Waals surface area contributed by atoms with Crippen molar-refractivity contribution in [2.24, 2.45) is 0 Å². The van der Waals surface area contributed by atoms with Gasteiger partial charge in [-0.2, -0.15) is 0 Å². The van der Waals surface area contributed by atoms with Crippen LogP contribution in [0.2, 0.25) is 0 Å². The Bertz CT molecular complexity index is 759. The van der Waals surface area contributed by atoms with Crippen molar-refractivity contribution in [3.8, 4) is 11.5 Å². The third-order valence-electron chi connectivity index (χ3n) is 5.20. The zero-order valence-corrected chi connectivity index (χ0v) is 15.8. The van der Waals surface area contributed by atoms with Crippen molar-refractivity contribution in [2.45, 2.75) is 25.5 Å². The fourth-order valence-corrected chi connectivity index (χ4v) is 4.60. The second-order valence-corrected chi connectivity index (χ2v) is 7.78. The maximum atomic E-state index is 12.8. The van der Waals surface area contributed by atoms with Crippen LogP contribution in [0.15, 0.2) is 35.7 Å². The number of hydrogen-bond donors (Lipinski definition) is 0. The number of piperazine rings is 1.